The molecule has 2 aromatic rings. The second-order valence-corrected chi connectivity index (χ2v) is 6.62. The number of carbonyl (C=O) groups is 1. The van der Waals surface area contributed by atoms with Gasteiger partial charge in [-0.1, -0.05) is 59.9 Å². The van der Waals surface area contributed by atoms with E-state index in [1.807, 2.05) is 37.3 Å². The lowest BCUT2D eigenvalue weighted by atomic mass is 10.1. The van der Waals surface area contributed by atoms with E-state index >= 15 is 0 Å². The molecule has 5 heteroatoms. The molecule has 1 saturated heterocycles. The van der Waals surface area contributed by atoms with E-state index in [0.29, 0.717) is 14.9 Å². The number of benzene rings is 2. The van der Waals surface area contributed by atoms with E-state index in [0.717, 1.165) is 5.56 Å². The van der Waals surface area contributed by atoms with Crippen molar-refractivity contribution in [2.24, 2.45) is 0 Å². The van der Waals surface area contributed by atoms with Crippen molar-refractivity contribution in [3.8, 4) is 5.75 Å². The van der Waals surface area contributed by atoms with Gasteiger partial charge in [0, 0.05) is 6.07 Å². The van der Waals surface area contributed by atoms with Crippen LogP contribution in [0.15, 0.2) is 53.4 Å². The molecule has 0 saturated carbocycles. The van der Waals surface area contributed by atoms with E-state index in [2.05, 4.69) is 0 Å². The van der Waals surface area contributed by atoms with Crippen LogP contribution in [-0.4, -0.2) is 15.3 Å². The van der Waals surface area contributed by atoms with Gasteiger partial charge < -0.3 is 5.11 Å². The number of hydrogen-bond acceptors (Lipinski definition) is 4. The highest BCUT2D eigenvalue weighted by Gasteiger charge is 2.33. The maximum absolute atomic E-state index is 12.6. The monoisotopic (exact) mass is 327 g/mol. The first-order valence-electron chi connectivity index (χ1n) is 6.68. The van der Waals surface area contributed by atoms with Crippen LogP contribution in [0.25, 0.3) is 6.08 Å². The van der Waals surface area contributed by atoms with Crippen molar-refractivity contribution < 1.29 is 9.90 Å². The van der Waals surface area contributed by atoms with Crippen LogP contribution in [0.3, 0.4) is 0 Å². The van der Waals surface area contributed by atoms with Crippen LogP contribution in [0.1, 0.15) is 11.1 Å². The third kappa shape index (κ3) is 2.91. The Bertz CT molecular complexity index is 782. The number of nitrogens with zero attached hydrogens (tertiary/aromatic N) is 1. The summed E-state index contributed by atoms with van der Waals surface area (Å²) in [6.07, 6.45) is 1.83. The molecule has 1 aliphatic rings. The molecule has 1 amide bonds. The van der Waals surface area contributed by atoms with Crippen LogP contribution in [0, 0.1) is 6.92 Å². The van der Waals surface area contributed by atoms with Gasteiger partial charge >= 0.3 is 0 Å². The van der Waals surface area contributed by atoms with Gasteiger partial charge in [0.15, 0.2) is 4.32 Å². The number of hydrogen-bond donors (Lipinski definition) is 1. The first-order valence-corrected chi connectivity index (χ1v) is 7.91. The maximum atomic E-state index is 12.6. The smallest absolute Gasteiger partial charge is 0.270 e. The van der Waals surface area contributed by atoms with Gasteiger partial charge in [0.25, 0.3) is 5.91 Å². The zero-order chi connectivity index (χ0) is 15.7. The number of phenolic OH excluding ortho intramolecular Hbond substituents is 1. The van der Waals surface area contributed by atoms with Gasteiger partial charge in [0.05, 0.1) is 10.6 Å². The summed E-state index contributed by atoms with van der Waals surface area (Å²) in [4.78, 5) is 14.6. The summed E-state index contributed by atoms with van der Waals surface area (Å²) in [6.45, 7) is 2.02. The summed E-state index contributed by atoms with van der Waals surface area (Å²) in [5, 5.41) is 9.57. The summed E-state index contributed by atoms with van der Waals surface area (Å²) in [7, 11) is 0. The number of thioether (sulfide) groups is 1. The van der Waals surface area contributed by atoms with Crippen molar-refractivity contribution in [1.29, 1.82) is 0 Å². The van der Waals surface area contributed by atoms with Crippen LogP contribution >= 0.6 is 24.0 Å². The lowest BCUT2D eigenvalue weighted by Gasteiger charge is -2.14. The minimum Gasteiger partial charge on any atom is -0.508 e. The van der Waals surface area contributed by atoms with Gasteiger partial charge in [-0.05, 0) is 30.7 Å². The third-order valence-electron chi connectivity index (χ3n) is 3.26. The highest BCUT2D eigenvalue weighted by molar-refractivity contribution is 8.27. The number of rotatable bonds is 2. The van der Waals surface area contributed by atoms with Crippen LogP contribution in [0.2, 0.25) is 0 Å². The summed E-state index contributed by atoms with van der Waals surface area (Å²) < 4.78 is 0.467. The highest BCUT2D eigenvalue weighted by Crippen LogP contribution is 2.36. The first-order chi connectivity index (χ1) is 10.5. The van der Waals surface area contributed by atoms with Crippen molar-refractivity contribution in [2.75, 3.05) is 4.90 Å². The molecule has 0 unspecified atom stereocenters. The van der Waals surface area contributed by atoms with Crippen molar-refractivity contribution in [1.82, 2.24) is 0 Å². The van der Waals surface area contributed by atoms with Gasteiger partial charge in [0.2, 0.25) is 0 Å². The molecular weight excluding hydrogens is 314 g/mol. The molecule has 0 aromatic heterocycles. The second kappa shape index (κ2) is 5.94. The van der Waals surface area contributed by atoms with Gasteiger partial charge in [-0.25, -0.2) is 0 Å². The molecule has 0 aliphatic carbocycles. The van der Waals surface area contributed by atoms with E-state index in [-0.39, 0.29) is 11.7 Å². The Labute approximate surface area is 138 Å². The fourth-order valence-corrected chi connectivity index (χ4v) is 3.44. The molecule has 1 N–H and O–H groups in total. The minimum absolute atomic E-state index is 0.106. The van der Waals surface area contributed by atoms with E-state index in [4.69, 9.17) is 12.2 Å². The van der Waals surface area contributed by atoms with Gasteiger partial charge in [-0.3, -0.25) is 9.69 Å². The molecule has 110 valence electrons. The van der Waals surface area contributed by atoms with Crippen LogP contribution in [0.5, 0.6) is 5.75 Å². The molecule has 3 nitrogen and oxygen atoms in total. The normalized spacial score (nSPS) is 16.6. The number of thiocarbonyl (C=S) groups is 1. The van der Waals surface area contributed by atoms with Crippen LogP contribution in [0.4, 0.5) is 5.69 Å². The Balaban J connectivity index is 1.93. The molecule has 0 bridgehead atoms. The van der Waals surface area contributed by atoms with E-state index < -0.39 is 0 Å². The van der Waals surface area contributed by atoms with Gasteiger partial charge in [-0.15, -0.1) is 0 Å². The lowest BCUT2D eigenvalue weighted by Crippen LogP contribution is -2.27. The number of carbonyl (C=O) groups excluding carboxylic acids is 1. The van der Waals surface area contributed by atoms with Crippen LogP contribution < -0.4 is 4.90 Å². The quantitative estimate of drug-likeness (QED) is 0.666. The Morgan fingerprint density at radius 3 is 2.59 bits per heavy atom. The van der Waals surface area contributed by atoms with E-state index in [1.54, 1.807) is 18.2 Å². The molecule has 1 heterocycles. The SMILES string of the molecule is Cc1ccc(C=C2SC(=S)N(c3cccc(O)c3)C2=O)cc1. The Morgan fingerprint density at radius 1 is 1.18 bits per heavy atom. The van der Waals surface area contributed by atoms with Gasteiger partial charge in [-0.2, -0.15) is 0 Å². The zero-order valence-electron chi connectivity index (χ0n) is 11.8. The zero-order valence-corrected chi connectivity index (χ0v) is 13.4. The summed E-state index contributed by atoms with van der Waals surface area (Å²) in [5.41, 5.74) is 2.71. The molecule has 22 heavy (non-hydrogen) atoms. The lowest BCUT2D eigenvalue weighted by molar-refractivity contribution is -0.113. The molecule has 0 spiro atoms. The second-order valence-electron chi connectivity index (χ2n) is 4.95. The fraction of sp³-hybridized carbons (Fsp3) is 0.0588. The number of anilines is 1. The largest absolute Gasteiger partial charge is 0.508 e. The topological polar surface area (TPSA) is 40.5 Å². The van der Waals surface area contributed by atoms with Crippen molar-refractivity contribution in [2.45, 2.75) is 6.92 Å². The number of phenols is 1. The predicted octanol–water partition coefficient (Wildman–Crippen LogP) is 4.11. The predicted molar refractivity (Wildman–Crippen MR) is 94.9 cm³/mol. The fourth-order valence-electron chi connectivity index (χ4n) is 2.14. The standard InChI is InChI=1S/C17H13NO2S2/c1-11-5-7-12(8-6-11)9-15-16(20)18(17(21)22-15)13-3-2-4-14(19)10-13/h2-10,19H,1H3. The summed E-state index contributed by atoms with van der Waals surface area (Å²) in [5.74, 6) is -0.0600. The minimum atomic E-state index is -0.166. The number of aromatic hydroxyl groups is 1. The molecule has 1 aliphatic heterocycles. The van der Waals surface area contributed by atoms with E-state index in [9.17, 15) is 9.90 Å². The van der Waals surface area contributed by atoms with Crippen molar-refractivity contribution in [3.63, 3.8) is 0 Å². The van der Waals surface area contributed by atoms with Gasteiger partial charge in [0.1, 0.15) is 5.75 Å². The average molecular weight is 327 g/mol. The maximum Gasteiger partial charge on any atom is 0.270 e. The van der Waals surface area contributed by atoms with Crippen molar-refractivity contribution in [3.05, 3.63) is 64.6 Å². The molecule has 0 atom stereocenters. The summed E-state index contributed by atoms with van der Waals surface area (Å²) >= 11 is 6.57. The Morgan fingerprint density at radius 2 is 1.91 bits per heavy atom. The first kappa shape index (κ1) is 14.8. The molecule has 1 fully saturated rings. The Hall–Kier alpha value is -2.11. The molecule has 0 radical (unpaired) electrons. The van der Waals surface area contributed by atoms with Crippen molar-refractivity contribution >= 4 is 46.0 Å². The van der Waals surface area contributed by atoms with Crippen LogP contribution in [-0.2, 0) is 4.79 Å². The highest BCUT2D eigenvalue weighted by atomic mass is 32.2. The average Bonchev–Trinajstić information content (AvgIpc) is 2.76. The molecule has 2 aromatic carbocycles. The molecule has 3 rings (SSSR count). The molecular formula is C17H13NO2S2. The van der Waals surface area contributed by atoms with E-state index in [1.165, 1.54) is 28.3 Å². The Kier molecular flexibility index (Phi) is 4.00. The number of aryl methyl sites for hydroxylation is 1. The third-order valence-corrected chi connectivity index (χ3v) is 4.56. The number of amides is 1. The summed E-state index contributed by atoms with van der Waals surface area (Å²) in [6, 6.07) is 14.5.